The van der Waals surface area contributed by atoms with Crippen LogP contribution in [0.25, 0.3) is 0 Å². The van der Waals surface area contributed by atoms with Crippen LogP contribution in [-0.4, -0.2) is 30.0 Å². The summed E-state index contributed by atoms with van der Waals surface area (Å²) in [5.41, 5.74) is 0. The molecule has 0 saturated carbocycles. The molecule has 0 fully saturated rings. The second-order valence-electron chi connectivity index (χ2n) is 1.17. The molecule has 0 rings (SSSR count). The Kier molecular flexibility index (Phi) is 10.9. The fourth-order valence-electron chi connectivity index (χ4n) is 0.214. The first kappa shape index (κ1) is 11.4. The summed E-state index contributed by atoms with van der Waals surface area (Å²) >= 11 is 0. The Balaban J connectivity index is 0. The van der Waals surface area contributed by atoms with Gasteiger partial charge in [-0.15, -0.1) is 0 Å². The molecular formula is C4H9AuO3. The molecule has 0 amide bonds. The standard InChI is InChI=1S/C4H9O3.Au/c1-7-3-4(6)2-5;/h2,4-6H,3H2,1H3;/q-1;+1. The smallest absolute Gasteiger partial charge is 0.563 e. The topological polar surface area (TPSA) is 49.7 Å². The molecule has 0 aromatic carbocycles. The van der Waals surface area contributed by atoms with Gasteiger partial charge in [0.15, 0.2) is 0 Å². The van der Waals surface area contributed by atoms with E-state index in [0.29, 0.717) is 6.61 Å². The van der Waals surface area contributed by atoms with Crippen LogP contribution in [0.4, 0.5) is 0 Å². The number of rotatable bonds is 3. The summed E-state index contributed by atoms with van der Waals surface area (Å²) in [5, 5.41) is 16.4. The SMILES string of the molecule is COCC(O)[CH-]O.[Au+]. The number of aliphatic hydroxyl groups is 2. The van der Waals surface area contributed by atoms with Gasteiger partial charge in [0.2, 0.25) is 0 Å². The van der Waals surface area contributed by atoms with E-state index in [-0.39, 0.29) is 29.0 Å². The van der Waals surface area contributed by atoms with Crippen LogP contribution in [-0.2, 0) is 27.1 Å². The average Bonchev–Trinajstić information content (AvgIpc) is 1.68. The van der Waals surface area contributed by atoms with Gasteiger partial charge in [-0.25, -0.2) is 0 Å². The van der Waals surface area contributed by atoms with Crippen LogP contribution in [0.3, 0.4) is 0 Å². The summed E-state index contributed by atoms with van der Waals surface area (Å²) in [4.78, 5) is 0. The van der Waals surface area contributed by atoms with Crippen LogP contribution in [0.15, 0.2) is 0 Å². The van der Waals surface area contributed by atoms with Gasteiger partial charge in [-0.2, -0.15) is 6.61 Å². The summed E-state index contributed by atoms with van der Waals surface area (Å²) in [7, 11) is 1.45. The molecule has 1 unspecified atom stereocenters. The van der Waals surface area contributed by atoms with E-state index in [1.54, 1.807) is 0 Å². The second kappa shape index (κ2) is 7.62. The first-order valence-electron chi connectivity index (χ1n) is 1.95. The summed E-state index contributed by atoms with van der Waals surface area (Å²) < 4.78 is 4.45. The van der Waals surface area contributed by atoms with E-state index in [1.807, 2.05) is 0 Å². The van der Waals surface area contributed by atoms with Crippen molar-refractivity contribution in [2.45, 2.75) is 6.10 Å². The fraction of sp³-hybridized carbons (Fsp3) is 0.750. The molecule has 0 aromatic rings. The van der Waals surface area contributed by atoms with Crippen LogP contribution in [0.1, 0.15) is 0 Å². The third-order valence-corrected chi connectivity index (χ3v) is 0.510. The Morgan fingerprint density at radius 1 is 1.75 bits per heavy atom. The molecule has 0 radical (unpaired) electrons. The van der Waals surface area contributed by atoms with Gasteiger partial charge in [0.05, 0.1) is 0 Å². The molecular weight excluding hydrogens is 293 g/mol. The summed E-state index contributed by atoms with van der Waals surface area (Å²) in [6, 6.07) is 0. The molecule has 54 valence electrons. The van der Waals surface area contributed by atoms with Crippen molar-refractivity contribution in [3.63, 3.8) is 0 Å². The molecule has 0 spiro atoms. The molecule has 0 saturated heterocycles. The zero-order chi connectivity index (χ0) is 5.70. The predicted molar refractivity (Wildman–Crippen MR) is 24.1 cm³/mol. The van der Waals surface area contributed by atoms with Gasteiger partial charge in [0.25, 0.3) is 0 Å². The molecule has 4 heteroatoms. The van der Waals surface area contributed by atoms with E-state index >= 15 is 0 Å². The molecule has 0 heterocycles. The summed E-state index contributed by atoms with van der Waals surface area (Å²) in [6.45, 7) is 0.833. The van der Waals surface area contributed by atoms with Gasteiger partial charge in [0.1, 0.15) is 0 Å². The number of hydrogen-bond acceptors (Lipinski definition) is 3. The summed E-state index contributed by atoms with van der Waals surface area (Å²) in [6.07, 6.45) is -0.843. The molecule has 1 atom stereocenters. The maximum Gasteiger partial charge on any atom is 1.00 e. The minimum atomic E-state index is -0.843. The predicted octanol–water partition coefficient (Wildman–Crippen LogP) is -0.475. The quantitative estimate of drug-likeness (QED) is 0.547. The third kappa shape index (κ3) is 6.62. The van der Waals surface area contributed by atoms with E-state index < -0.39 is 6.10 Å². The fourth-order valence-corrected chi connectivity index (χ4v) is 0.214. The largest absolute Gasteiger partial charge is 1.00 e. The Morgan fingerprint density at radius 2 is 2.25 bits per heavy atom. The maximum absolute atomic E-state index is 8.43. The van der Waals surface area contributed by atoms with E-state index in [9.17, 15) is 0 Å². The molecule has 0 aliphatic carbocycles. The van der Waals surface area contributed by atoms with Gasteiger partial charge >= 0.3 is 22.4 Å². The number of aliphatic hydroxyl groups excluding tert-OH is 2. The van der Waals surface area contributed by atoms with Crippen molar-refractivity contribution >= 4 is 0 Å². The Morgan fingerprint density at radius 3 is 2.38 bits per heavy atom. The zero-order valence-corrected chi connectivity index (χ0v) is 6.63. The van der Waals surface area contributed by atoms with Crippen molar-refractivity contribution in [1.29, 1.82) is 0 Å². The normalized spacial score (nSPS) is 12.4. The molecule has 0 aliphatic rings. The van der Waals surface area contributed by atoms with Crippen molar-refractivity contribution in [2.75, 3.05) is 13.7 Å². The maximum atomic E-state index is 8.43. The van der Waals surface area contributed by atoms with Gasteiger partial charge in [-0.05, 0) is 6.10 Å². The molecule has 3 nitrogen and oxygen atoms in total. The van der Waals surface area contributed by atoms with Gasteiger partial charge in [0, 0.05) is 13.7 Å². The minimum absolute atomic E-state index is 0. The average molecular weight is 302 g/mol. The van der Waals surface area contributed by atoms with Crippen molar-refractivity contribution in [1.82, 2.24) is 0 Å². The van der Waals surface area contributed by atoms with Crippen LogP contribution in [0, 0.1) is 6.61 Å². The van der Waals surface area contributed by atoms with Crippen molar-refractivity contribution in [3.8, 4) is 0 Å². The van der Waals surface area contributed by atoms with Crippen LogP contribution < -0.4 is 0 Å². The molecule has 0 aliphatic heterocycles. The number of ether oxygens (including phenoxy) is 1. The zero-order valence-electron chi connectivity index (χ0n) is 4.47. The van der Waals surface area contributed by atoms with E-state index in [0.717, 1.165) is 0 Å². The third-order valence-electron chi connectivity index (χ3n) is 0.510. The Bertz CT molecular complexity index is 42.3. The van der Waals surface area contributed by atoms with Crippen LogP contribution in [0.5, 0.6) is 0 Å². The number of hydrogen-bond donors (Lipinski definition) is 2. The monoisotopic (exact) mass is 302 g/mol. The van der Waals surface area contributed by atoms with E-state index in [2.05, 4.69) is 4.74 Å². The Labute approximate surface area is 64.2 Å². The van der Waals surface area contributed by atoms with Crippen molar-refractivity contribution in [2.24, 2.45) is 0 Å². The molecule has 8 heavy (non-hydrogen) atoms. The molecule has 0 aromatic heterocycles. The minimum Gasteiger partial charge on any atom is -0.563 e. The van der Waals surface area contributed by atoms with Crippen LogP contribution >= 0.6 is 0 Å². The first-order chi connectivity index (χ1) is 3.31. The van der Waals surface area contributed by atoms with Gasteiger partial charge in [-0.1, -0.05) is 0 Å². The van der Waals surface area contributed by atoms with E-state index in [1.165, 1.54) is 7.11 Å². The first-order valence-corrected chi connectivity index (χ1v) is 1.95. The summed E-state index contributed by atoms with van der Waals surface area (Å²) in [5.74, 6) is 0. The van der Waals surface area contributed by atoms with Gasteiger partial charge < -0.3 is 14.9 Å². The molecule has 2 N–H and O–H groups in total. The second-order valence-corrected chi connectivity index (χ2v) is 1.17. The van der Waals surface area contributed by atoms with Crippen LogP contribution in [0.2, 0.25) is 0 Å². The van der Waals surface area contributed by atoms with E-state index in [4.69, 9.17) is 10.2 Å². The van der Waals surface area contributed by atoms with Crippen molar-refractivity contribution in [3.05, 3.63) is 6.61 Å². The number of methoxy groups -OCH3 is 1. The van der Waals surface area contributed by atoms with Crippen molar-refractivity contribution < 1.29 is 37.3 Å². The Hall–Kier alpha value is 0.620. The van der Waals surface area contributed by atoms with Gasteiger partial charge in [-0.3, -0.25) is 0 Å². The molecule has 0 bridgehead atoms.